The van der Waals surface area contributed by atoms with E-state index in [0.717, 1.165) is 16.7 Å². The van der Waals surface area contributed by atoms with E-state index < -0.39 is 0 Å². The summed E-state index contributed by atoms with van der Waals surface area (Å²) in [6.45, 7) is 2.00. The number of carbonyl (C=O) groups is 1. The number of amides is 1. The molecule has 4 atom stereocenters. The second-order valence-corrected chi connectivity index (χ2v) is 7.28. The summed E-state index contributed by atoms with van der Waals surface area (Å²) < 4.78 is 0. The number of hydrogen-bond donors (Lipinski definition) is 1. The van der Waals surface area contributed by atoms with Crippen LogP contribution in [0.3, 0.4) is 0 Å². The zero-order valence-electron chi connectivity index (χ0n) is 11.3. The van der Waals surface area contributed by atoms with Crippen LogP contribution in [0.2, 0.25) is 0 Å². The Balaban J connectivity index is 1.53. The van der Waals surface area contributed by atoms with Gasteiger partial charge in [0.2, 0.25) is 5.91 Å². The van der Waals surface area contributed by atoms with Crippen LogP contribution < -0.4 is 5.32 Å². The van der Waals surface area contributed by atoms with E-state index in [2.05, 4.69) is 17.4 Å². The van der Waals surface area contributed by atoms with Gasteiger partial charge < -0.3 is 5.32 Å². The predicted molar refractivity (Wildman–Crippen MR) is 79.1 cm³/mol. The first-order chi connectivity index (χ1) is 9.22. The Morgan fingerprint density at radius 3 is 2.68 bits per heavy atom. The number of benzene rings is 1. The van der Waals surface area contributed by atoms with Gasteiger partial charge in [-0.2, -0.15) is 0 Å². The molecule has 0 aliphatic heterocycles. The second kappa shape index (κ2) is 5.58. The van der Waals surface area contributed by atoms with E-state index in [9.17, 15) is 4.79 Å². The maximum absolute atomic E-state index is 12.2. The van der Waals surface area contributed by atoms with Crippen LogP contribution in [-0.2, 0) is 4.79 Å². The summed E-state index contributed by atoms with van der Waals surface area (Å²) in [5, 5.41) is 3.26. The van der Waals surface area contributed by atoms with E-state index in [0.29, 0.717) is 6.04 Å². The summed E-state index contributed by atoms with van der Waals surface area (Å²) in [6.07, 6.45) is 5.24. The molecule has 2 bridgehead atoms. The molecule has 3 rings (SSSR count). The van der Waals surface area contributed by atoms with Crippen LogP contribution in [0.4, 0.5) is 0 Å². The van der Waals surface area contributed by atoms with Crippen molar-refractivity contribution >= 4 is 17.7 Å². The van der Waals surface area contributed by atoms with Crippen LogP contribution in [0.25, 0.3) is 0 Å². The average molecular weight is 275 g/mol. The Morgan fingerprint density at radius 2 is 2.05 bits per heavy atom. The largest absolute Gasteiger partial charge is 0.352 e. The summed E-state index contributed by atoms with van der Waals surface area (Å²) >= 11 is 1.64. The SMILES string of the molecule is C[C@@H](Sc1ccccc1)C(=O)N[C@@H]1C[C@H]2CC[C@H]1C2. The fourth-order valence-electron chi connectivity index (χ4n) is 3.48. The normalized spacial score (nSPS) is 30.3. The van der Waals surface area contributed by atoms with Crippen molar-refractivity contribution in [3.8, 4) is 0 Å². The highest BCUT2D eigenvalue weighted by Crippen LogP contribution is 2.44. The van der Waals surface area contributed by atoms with Crippen molar-refractivity contribution in [3.05, 3.63) is 30.3 Å². The van der Waals surface area contributed by atoms with Crippen LogP contribution in [0.5, 0.6) is 0 Å². The topological polar surface area (TPSA) is 29.1 Å². The van der Waals surface area contributed by atoms with Crippen LogP contribution >= 0.6 is 11.8 Å². The average Bonchev–Trinajstić information content (AvgIpc) is 3.02. The van der Waals surface area contributed by atoms with Crippen molar-refractivity contribution in [1.82, 2.24) is 5.32 Å². The van der Waals surface area contributed by atoms with Gasteiger partial charge in [-0.25, -0.2) is 0 Å². The number of rotatable bonds is 4. The van der Waals surface area contributed by atoms with Gasteiger partial charge in [-0.05, 0) is 50.2 Å². The molecule has 2 aliphatic rings. The molecule has 0 heterocycles. The van der Waals surface area contributed by atoms with E-state index >= 15 is 0 Å². The van der Waals surface area contributed by atoms with Gasteiger partial charge in [0, 0.05) is 10.9 Å². The lowest BCUT2D eigenvalue weighted by molar-refractivity contribution is -0.121. The summed E-state index contributed by atoms with van der Waals surface area (Å²) in [7, 11) is 0. The molecule has 0 radical (unpaired) electrons. The van der Waals surface area contributed by atoms with Crippen molar-refractivity contribution in [2.45, 2.75) is 48.8 Å². The molecule has 0 aromatic heterocycles. The molecule has 1 amide bonds. The highest BCUT2D eigenvalue weighted by molar-refractivity contribution is 8.00. The quantitative estimate of drug-likeness (QED) is 0.852. The molecule has 1 aromatic rings. The Bertz CT molecular complexity index is 447. The van der Waals surface area contributed by atoms with Crippen molar-refractivity contribution in [3.63, 3.8) is 0 Å². The van der Waals surface area contributed by atoms with Gasteiger partial charge >= 0.3 is 0 Å². The van der Waals surface area contributed by atoms with Gasteiger partial charge in [0.15, 0.2) is 0 Å². The lowest BCUT2D eigenvalue weighted by Gasteiger charge is -2.24. The zero-order chi connectivity index (χ0) is 13.2. The highest BCUT2D eigenvalue weighted by Gasteiger charge is 2.40. The van der Waals surface area contributed by atoms with E-state index in [4.69, 9.17) is 0 Å². The minimum absolute atomic E-state index is 0.0125. The second-order valence-electron chi connectivity index (χ2n) is 5.86. The van der Waals surface area contributed by atoms with Gasteiger partial charge in [0.1, 0.15) is 0 Å². The van der Waals surface area contributed by atoms with Crippen molar-refractivity contribution in [2.24, 2.45) is 11.8 Å². The molecule has 2 nitrogen and oxygen atoms in total. The number of hydrogen-bond acceptors (Lipinski definition) is 2. The molecule has 2 aliphatic carbocycles. The fraction of sp³-hybridized carbons (Fsp3) is 0.562. The summed E-state index contributed by atoms with van der Waals surface area (Å²) in [5.41, 5.74) is 0. The lowest BCUT2D eigenvalue weighted by Crippen LogP contribution is -2.42. The maximum Gasteiger partial charge on any atom is 0.233 e. The van der Waals surface area contributed by atoms with E-state index in [1.807, 2.05) is 25.1 Å². The number of thioether (sulfide) groups is 1. The molecule has 2 saturated carbocycles. The summed E-state index contributed by atoms with van der Waals surface area (Å²) in [6, 6.07) is 10.6. The maximum atomic E-state index is 12.2. The Morgan fingerprint density at radius 1 is 1.26 bits per heavy atom. The van der Waals surface area contributed by atoms with Gasteiger partial charge in [-0.15, -0.1) is 11.8 Å². The van der Waals surface area contributed by atoms with Crippen LogP contribution in [0.1, 0.15) is 32.6 Å². The molecule has 1 N–H and O–H groups in total. The van der Waals surface area contributed by atoms with Crippen molar-refractivity contribution in [2.75, 3.05) is 0 Å². The van der Waals surface area contributed by atoms with E-state index in [1.54, 1.807) is 11.8 Å². The van der Waals surface area contributed by atoms with Crippen LogP contribution in [0, 0.1) is 11.8 Å². The van der Waals surface area contributed by atoms with E-state index in [1.165, 1.54) is 25.7 Å². The molecule has 2 fully saturated rings. The summed E-state index contributed by atoms with van der Waals surface area (Å²) in [4.78, 5) is 13.4. The third-order valence-corrected chi connectivity index (χ3v) is 5.60. The molecule has 1 aromatic carbocycles. The standard InChI is InChI=1S/C16H21NOS/c1-11(19-14-5-3-2-4-6-14)16(18)17-15-10-12-7-8-13(15)9-12/h2-6,11-13,15H,7-10H2,1H3,(H,17,18)/t11-,12+,13+,15-/m1/s1. The smallest absolute Gasteiger partial charge is 0.233 e. The molecule has 0 saturated heterocycles. The third-order valence-electron chi connectivity index (χ3n) is 4.49. The van der Waals surface area contributed by atoms with Crippen molar-refractivity contribution in [1.29, 1.82) is 0 Å². The molecule has 3 heteroatoms. The van der Waals surface area contributed by atoms with Gasteiger partial charge in [0.25, 0.3) is 0 Å². The molecule has 102 valence electrons. The molecule has 0 unspecified atom stereocenters. The van der Waals surface area contributed by atoms with Crippen LogP contribution in [0.15, 0.2) is 35.2 Å². The van der Waals surface area contributed by atoms with Crippen molar-refractivity contribution < 1.29 is 4.79 Å². The molecule has 19 heavy (non-hydrogen) atoms. The first kappa shape index (κ1) is 13.0. The first-order valence-electron chi connectivity index (χ1n) is 7.24. The van der Waals surface area contributed by atoms with E-state index in [-0.39, 0.29) is 11.2 Å². The van der Waals surface area contributed by atoms with Gasteiger partial charge in [0.05, 0.1) is 5.25 Å². The van der Waals surface area contributed by atoms with Gasteiger partial charge in [-0.1, -0.05) is 24.6 Å². The zero-order valence-corrected chi connectivity index (χ0v) is 12.2. The fourth-order valence-corrected chi connectivity index (χ4v) is 4.38. The minimum atomic E-state index is -0.0125. The molecular formula is C16H21NOS. The predicted octanol–water partition coefficient (Wildman–Crippen LogP) is 3.47. The number of carbonyl (C=O) groups excluding carboxylic acids is 1. The monoisotopic (exact) mass is 275 g/mol. The number of fused-ring (bicyclic) bond motifs is 2. The Hall–Kier alpha value is -0.960. The third kappa shape index (κ3) is 2.97. The Kier molecular flexibility index (Phi) is 3.83. The number of nitrogens with one attached hydrogen (secondary N) is 1. The van der Waals surface area contributed by atoms with Gasteiger partial charge in [-0.3, -0.25) is 4.79 Å². The Labute approximate surface area is 119 Å². The summed E-state index contributed by atoms with van der Waals surface area (Å²) in [5.74, 6) is 1.83. The molecular weight excluding hydrogens is 254 g/mol. The lowest BCUT2D eigenvalue weighted by atomic mass is 9.95. The minimum Gasteiger partial charge on any atom is -0.352 e. The molecule has 0 spiro atoms. The highest BCUT2D eigenvalue weighted by atomic mass is 32.2. The first-order valence-corrected chi connectivity index (χ1v) is 8.12. The van der Waals surface area contributed by atoms with Crippen LogP contribution in [-0.4, -0.2) is 17.2 Å².